The number of nitrogens with zero attached hydrogens (tertiary/aromatic N) is 4. The van der Waals surface area contributed by atoms with Crippen molar-refractivity contribution in [2.24, 2.45) is 0 Å². The summed E-state index contributed by atoms with van der Waals surface area (Å²) in [6.45, 7) is 1.58. The molecule has 1 heterocycles. The number of aromatic nitrogens is 3. The van der Waals surface area contributed by atoms with Crippen molar-refractivity contribution < 1.29 is 4.79 Å². The van der Waals surface area contributed by atoms with Crippen LogP contribution in [0, 0.1) is 0 Å². The zero-order valence-corrected chi connectivity index (χ0v) is 11.8. The van der Waals surface area contributed by atoms with Crippen molar-refractivity contribution in [3.05, 3.63) is 42.2 Å². The normalized spacial score (nSPS) is 10.8. The van der Waals surface area contributed by atoms with Gasteiger partial charge in [0.15, 0.2) is 5.69 Å². The Morgan fingerprint density at radius 3 is 2.75 bits per heavy atom. The lowest BCUT2D eigenvalue weighted by Gasteiger charge is -2.08. The van der Waals surface area contributed by atoms with Gasteiger partial charge in [0, 0.05) is 6.54 Å². The lowest BCUT2D eigenvalue weighted by Crippen LogP contribution is -2.27. The molecule has 2 aromatic rings. The standard InChI is InChI=1S/C14H19N5O/c1-18(2)10-6-9-15-14(20)13-11-16-19(17-13)12-7-4-3-5-8-12/h3-5,7-8,11H,6,9-10H2,1-2H3,(H,15,20). The molecule has 20 heavy (non-hydrogen) atoms. The Morgan fingerprint density at radius 2 is 2.05 bits per heavy atom. The van der Waals surface area contributed by atoms with E-state index in [0.29, 0.717) is 12.2 Å². The van der Waals surface area contributed by atoms with E-state index in [-0.39, 0.29) is 5.91 Å². The summed E-state index contributed by atoms with van der Waals surface area (Å²) in [7, 11) is 4.01. The third-order valence-corrected chi connectivity index (χ3v) is 2.78. The predicted molar refractivity (Wildman–Crippen MR) is 76.9 cm³/mol. The molecule has 0 saturated carbocycles. The number of carbonyl (C=O) groups excluding carboxylic acids is 1. The Labute approximate surface area is 118 Å². The van der Waals surface area contributed by atoms with Crippen LogP contribution in [-0.4, -0.2) is 53.0 Å². The molecule has 0 aliphatic heterocycles. The van der Waals surface area contributed by atoms with E-state index in [2.05, 4.69) is 20.4 Å². The highest BCUT2D eigenvalue weighted by molar-refractivity contribution is 5.91. The minimum atomic E-state index is -0.189. The maximum Gasteiger partial charge on any atom is 0.273 e. The van der Waals surface area contributed by atoms with Gasteiger partial charge in [-0.25, -0.2) is 0 Å². The second kappa shape index (κ2) is 6.81. The van der Waals surface area contributed by atoms with Gasteiger partial charge in [-0.1, -0.05) is 18.2 Å². The molecule has 0 aliphatic carbocycles. The molecule has 0 saturated heterocycles. The molecular formula is C14H19N5O. The Morgan fingerprint density at radius 1 is 1.30 bits per heavy atom. The third kappa shape index (κ3) is 3.89. The first kappa shape index (κ1) is 14.2. The van der Waals surface area contributed by atoms with Crippen molar-refractivity contribution in [1.29, 1.82) is 0 Å². The van der Waals surface area contributed by atoms with Gasteiger partial charge in [0.2, 0.25) is 0 Å². The van der Waals surface area contributed by atoms with Gasteiger partial charge in [-0.2, -0.15) is 9.90 Å². The summed E-state index contributed by atoms with van der Waals surface area (Å²) in [5.41, 5.74) is 1.16. The van der Waals surface area contributed by atoms with Crippen LogP contribution >= 0.6 is 0 Å². The van der Waals surface area contributed by atoms with Gasteiger partial charge in [-0.3, -0.25) is 4.79 Å². The van der Waals surface area contributed by atoms with Crippen molar-refractivity contribution in [3.8, 4) is 5.69 Å². The zero-order valence-electron chi connectivity index (χ0n) is 11.8. The number of amides is 1. The van der Waals surface area contributed by atoms with Gasteiger partial charge < -0.3 is 10.2 Å². The predicted octanol–water partition coefficient (Wildman–Crippen LogP) is 0.949. The molecule has 0 spiro atoms. The minimum Gasteiger partial charge on any atom is -0.351 e. The lowest BCUT2D eigenvalue weighted by atomic mass is 10.3. The highest BCUT2D eigenvalue weighted by Crippen LogP contribution is 2.04. The monoisotopic (exact) mass is 273 g/mol. The maximum absolute atomic E-state index is 11.9. The molecule has 6 nitrogen and oxygen atoms in total. The van der Waals surface area contributed by atoms with Crippen LogP contribution in [0.4, 0.5) is 0 Å². The summed E-state index contributed by atoms with van der Waals surface area (Å²) in [5.74, 6) is -0.189. The Bertz CT molecular complexity index is 550. The highest BCUT2D eigenvalue weighted by Gasteiger charge is 2.10. The van der Waals surface area contributed by atoms with Gasteiger partial charge >= 0.3 is 0 Å². The van der Waals surface area contributed by atoms with Crippen LogP contribution in [0.3, 0.4) is 0 Å². The van der Waals surface area contributed by atoms with Crippen molar-refractivity contribution in [2.75, 3.05) is 27.2 Å². The molecule has 1 aromatic heterocycles. The first-order valence-electron chi connectivity index (χ1n) is 6.57. The highest BCUT2D eigenvalue weighted by atomic mass is 16.2. The van der Waals surface area contributed by atoms with Crippen LogP contribution in [0.2, 0.25) is 0 Å². The summed E-state index contributed by atoms with van der Waals surface area (Å²) in [4.78, 5) is 15.4. The number of hydrogen-bond donors (Lipinski definition) is 1. The quantitative estimate of drug-likeness (QED) is 0.796. The van der Waals surface area contributed by atoms with E-state index < -0.39 is 0 Å². The first-order valence-corrected chi connectivity index (χ1v) is 6.57. The van der Waals surface area contributed by atoms with Crippen LogP contribution in [0.5, 0.6) is 0 Å². The van der Waals surface area contributed by atoms with E-state index in [9.17, 15) is 4.79 Å². The van der Waals surface area contributed by atoms with Crippen LogP contribution in [0.1, 0.15) is 16.9 Å². The number of benzene rings is 1. The van der Waals surface area contributed by atoms with E-state index in [0.717, 1.165) is 18.7 Å². The van der Waals surface area contributed by atoms with Gasteiger partial charge in [0.25, 0.3) is 5.91 Å². The molecule has 0 radical (unpaired) electrons. The molecule has 0 bridgehead atoms. The molecule has 0 aliphatic rings. The van der Waals surface area contributed by atoms with Crippen molar-refractivity contribution in [1.82, 2.24) is 25.2 Å². The van der Waals surface area contributed by atoms with E-state index in [1.54, 1.807) is 0 Å². The van der Waals surface area contributed by atoms with Crippen molar-refractivity contribution >= 4 is 5.91 Å². The second-order valence-corrected chi connectivity index (χ2v) is 4.77. The smallest absolute Gasteiger partial charge is 0.273 e. The lowest BCUT2D eigenvalue weighted by molar-refractivity contribution is 0.0947. The Kier molecular flexibility index (Phi) is 4.84. The summed E-state index contributed by atoms with van der Waals surface area (Å²) >= 11 is 0. The molecule has 6 heteroatoms. The van der Waals surface area contributed by atoms with E-state index in [4.69, 9.17) is 0 Å². The fourth-order valence-corrected chi connectivity index (χ4v) is 1.74. The molecule has 1 aromatic carbocycles. The third-order valence-electron chi connectivity index (χ3n) is 2.78. The number of hydrogen-bond acceptors (Lipinski definition) is 4. The zero-order chi connectivity index (χ0) is 14.4. The van der Waals surface area contributed by atoms with Gasteiger partial charge in [-0.05, 0) is 39.2 Å². The van der Waals surface area contributed by atoms with E-state index >= 15 is 0 Å². The largest absolute Gasteiger partial charge is 0.351 e. The van der Waals surface area contributed by atoms with Crippen LogP contribution < -0.4 is 5.32 Å². The summed E-state index contributed by atoms with van der Waals surface area (Å²) in [5, 5.41) is 11.1. The van der Waals surface area contributed by atoms with Crippen molar-refractivity contribution in [3.63, 3.8) is 0 Å². The van der Waals surface area contributed by atoms with Crippen LogP contribution in [0.15, 0.2) is 36.5 Å². The van der Waals surface area contributed by atoms with Crippen LogP contribution in [-0.2, 0) is 0 Å². The first-order chi connectivity index (χ1) is 9.66. The Balaban J connectivity index is 1.90. The number of para-hydroxylation sites is 1. The average molecular weight is 273 g/mol. The molecule has 1 amide bonds. The maximum atomic E-state index is 11.9. The van der Waals surface area contributed by atoms with Gasteiger partial charge in [0.1, 0.15) is 0 Å². The van der Waals surface area contributed by atoms with Crippen LogP contribution in [0.25, 0.3) is 5.69 Å². The number of nitrogens with one attached hydrogen (secondary N) is 1. The molecule has 106 valence electrons. The van der Waals surface area contributed by atoms with Gasteiger partial charge in [0.05, 0.1) is 11.9 Å². The Hall–Kier alpha value is -2.21. The minimum absolute atomic E-state index is 0.189. The molecule has 0 atom stereocenters. The fourth-order valence-electron chi connectivity index (χ4n) is 1.74. The molecule has 2 rings (SSSR count). The fraction of sp³-hybridized carbons (Fsp3) is 0.357. The number of rotatable bonds is 6. The molecule has 1 N–H and O–H groups in total. The summed E-state index contributed by atoms with van der Waals surface area (Å²) in [6, 6.07) is 9.50. The summed E-state index contributed by atoms with van der Waals surface area (Å²) in [6.07, 6.45) is 2.39. The average Bonchev–Trinajstić information content (AvgIpc) is 2.94. The van der Waals surface area contributed by atoms with Gasteiger partial charge in [-0.15, -0.1) is 5.10 Å². The summed E-state index contributed by atoms with van der Waals surface area (Å²) < 4.78 is 0. The molecule has 0 unspecified atom stereocenters. The van der Waals surface area contributed by atoms with E-state index in [1.807, 2.05) is 44.4 Å². The second-order valence-electron chi connectivity index (χ2n) is 4.77. The molecular weight excluding hydrogens is 254 g/mol. The SMILES string of the molecule is CN(C)CCCNC(=O)c1cnn(-c2ccccc2)n1. The van der Waals surface area contributed by atoms with Crippen molar-refractivity contribution in [2.45, 2.75) is 6.42 Å². The topological polar surface area (TPSA) is 63.1 Å². The number of carbonyl (C=O) groups is 1. The molecule has 0 fully saturated rings. The van der Waals surface area contributed by atoms with E-state index in [1.165, 1.54) is 11.0 Å².